The quantitative estimate of drug-likeness (QED) is 0.656. The van der Waals surface area contributed by atoms with Gasteiger partial charge in [0.2, 0.25) is 0 Å². The van der Waals surface area contributed by atoms with E-state index in [4.69, 9.17) is 4.74 Å². The van der Waals surface area contributed by atoms with Crippen molar-refractivity contribution in [1.29, 1.82) is 0 Å². The predicted molar refractivity (Wildman–Crippen MR) is 98.1 cm³/mol. The second-order valence-corrected chi connectivity index (χ2v) is 7.78. The fourth-order valence-corrected chi connectivity index (χ4v) is 4.00. The van der Waals surface area contributed by atoms with E-state index in [1.54, 1.807) is 23.6 Å². The van der Waals surface area contributed by atoms with Crippen LogP contribution in [0.2, 0.25) is 0 Å². The lowest BCUT2D eigenvalue weighted by Gasteiger charge is -2.08. The Morgan fingerprint density at radius 1 is 1.04 bits per heavy atom. The molecule has 2 N–H and O–H groups in total. The SMILES string of the molecule is CCOc1ccc(Nc2ccc(NS(=O)(=O)c3cccs3)nn2)cc1. The molecule has 130 valence electrons. The van der Waals surface area contributed by atoms with Crippen LogP contribution in [0.5, 0.6) is 5.75 Å². The highest BCUT2D eigenvalue weighted by Gasteiger charge is 2.15. The maximum absolute atomic E-state index is 12.1. The van der Waals surface area contributed by atoms with Gasteiger partial charge in [-0.2, -0.15) is 0 Å². The van der Waals surface area contributed by atoms with Crippen LogP contribution in [0.25, 0.3) is 0 Å². The van der Waals surface area contributed by atoms with Gasteiger partial charge in [0.25, 0.3) is 10.0 Å². The van der Waals surface area contributed by atoms with Crippen molar-refractivity contribution in [3.8, 4) is 5.75 Å². The summed E-state index contributed by atoms with van der Waals surface area (Å²) >= 11 is 1.14. The van der Waals surface area contributed by atoms with E-state index in [0.29, 0.717) is 12.4 Å². The third-order valence-electron chi connectivity index (χ3n) is 3.10. The maximum Gasteiger partial charge on any atom is 0.272 e. The Labute approximate surface area is 149 Å². The first-order valence-corrected chi connectivity index (χ1v) is 9.83. The molecule has 3 aromatic rings. The van der Waals surface area contributed by atoms with E-state index in [9.17, 15) is 8.42 Å². The molecule has 0 amide bonds. The molecule has 2 heterocycles. The van der Waals surface area contributed by atoms with Gasteiger partial charge in [-0.3, -0.25) is 4.72 Å². The molecule has 3 rings (SSSR count). The molecule has 0 unspecified atom stereocenters. The van der Waals surface area contributed by atoms with E-state index in [1.165, 1.54) is 6.07 Å². The zero-order chi connectivity index (χ0) is 17.7. The highest BCUT2D eigenvalue weighted by molar-refractivity contribution is 7.94. The van der Waals surface area contributed by atoms with Gasteiger partial charge < -0.3 is 10.1 Å². The molecule has 0 saturated heterocycles. The number of nitrogens with one attached hydrogen (secondary N) is 2. The van der Waals surface area contributed by atoms with Crippen LogP contribution in [0.3, 0.4) is 0 Å². The van der Waals surface area contributed by atoms with Crippen molar-refractivity contribution in [3.05, 3.63) is 53.9 Å². The molecule has 0 fully saturated rings. The molecule has 9 heteroatoms. The summed E-state index contributed by atoms with van der Waals surface area (Å²) in [5.74, 6) is 1.45. The molecule has 0 radical (unpaired) electrons. The van der Waals surface area contributed by atoms with Gasteiger partial charge in [0, 0.05) is 5.69 Å². The number of anilines is 3. The van der Waals surface area contributed by atoms with Gasteiger partial charge in [-0.1, -0.05) is 6.07 Å². The molecule has 0 aliphatic heterocycles. The van der Waals surface area contributed by atoms with Crippen LogP contribution in [0.15, 0.2) is 58.1 Å². The van der Waals surface area contributed by atoms with Crippen LogP contribution >= 0.6 is 11.3 Å². The summed E-state index contributed by atoms with van der Waals surface area (Å²) in [5, 5.41) is 12.7. The normalized spacial score (nSPS) is 11.1. The van der Waals surface area contributed by atoms with E-state index in [-0.39, 0.29) is 10.0 Å². The Balaban J connectivity index is 1.66. The van der Waals surface area contributed by atoms with E-state index in [2.05, 4.69) is 20.2 Å². The molecule has 0 aliphatic rings. The minimum absolute atomic E-state index is 0.158. The summed E-state index contributed by atoms with van der Waals surface area (Å²) in [7, 11) is -3.62. The lowest BCUT2D eigenvalue weighted by atomic mass is 10.3. The number of aromatic nitrogens is 2. The Morgan fingerprint density at radius 3 is 2.36 bits per heavy atom. The molecule has 1 aromatic carbocycles. The number of nitrogens with zero attached hydrogens (tertiary/aromatic N) is 2. The van der Waals surface area contributed by atoms with Gasteiger partial charge in [0.15, 0.2) is 11.6 Å². The van der Waals surface area contributed by atoms with Crippen LogP contribution < -0.4 is 14.8 Å². The van der Waals surface area contributed by atoms with Crippen molar-refractivity contribution in [2.24, 2.45) is 0 Å². The molecule has 25 heavy (non-hydrogen) atoms. The first kappa shape index (κ1) is 17.2. The van der Waals surface area contributed by atoms with Crippen LogP contribution in [-0.4, -0.2) is 25.2 Å². The molecule has 0 saturated carbocycles. The van der Waals surface area contributed by atoms with E-state index in [1.807, 2.05) is 31.2 Å². The van der Waals surface area contributed by atoms with E-state index >= 15 is 0 Å². The van der Waals surface area contributed by atoms with Gasteiger partial charge in [0.05, 0.1) is 6.61 Å². The minimum Gasteiger partial charge on any atom is -0.494 e. The Bertz CT molecular complexity index is 909. The summed E-state index contributed by atoms with van der Waals surface area (Å²) < 4.78 is 32.3. The Hall–Kier alpha value is -2.65. The van der Waals surface area contributed by atoms with Crippen molar-refractivity contribution >= 4 is 38.7 Å². The summed E-state index contributed by atoms with van der Waals surface area (Å²) in [6.45, 7) is 2.54. The Morgan fingerprint density at radius 2 is 1.76 bits per heavy atom. The summed E-state index contributed by atoms with van der Waals surface area (Å²) in [5.41, 5.74) is 0.824. The van der Waals surface area contributed by atoms with Crippen molar-refractivity contribution in [2.45, 2.75) is 11.1 Å². The number of rotatable bonds is 7. The molecule has 0 atom stereocenters. The maximum atomic E-state index is 12.1. The summed E-state index contributed by atoms with van der Waals surface area (Å²) in [6, 6.07) is 13.8. The van der Waals surface area contributed by atoms with E-state index in [0.717, 1.165) is 22.8 Å². The number of hydrogen-bond acceptors (Lipinski definition) is 7. The monoisotopic (exact) mass is 376 g/mol. The molecule has 0 spiro atoms. The van der Waals surface area contributed by atoms with Gasteiger partial charge in [-0.25, -0.2) is 8.42 Å². The second-order valence-electron chi connectivity index (χ2n) is 4.92. The van der Waals surface area contributed by atoms with Crippen molar-refractivity contribution in [1.82, 2.24) is 10.2 Å². The van der Waals surface area contributed by atoms with Crippen molar-refractivity contribution < 1.29 is 13.2 Å². The second kappa shape index (κ2) is 7.49. The van der Waals surface area contributed by atoms with Crippen LogP contribution in [0.4, 0.5) is 17.3 Å². The number of benzene rings is 1. The standard InChI is InChI=1S/C16H16N4O3S2/c1-2-23-13-7-5-12(6-8-13)17-14-9-10-15(19-18-14)20-25(21,22)16-4-3-11-24-16/h3-11H,2H2,1H3,(H,17,18)(H,19,20). The average molecular weight is 376 g/mol. The van der Waals surface area contributed by atoms with Crippen molar-refractivity contribution in [2.75, 3.05) is 16.6 Å². The molecule has 0 bridgehead atoms. The zero-order valence-corrected chi connectivity index (χ0v) is 15.0. The third kappa shape index (κ3) is 4.46. The Kier molecular flexibility index (Phi) is 5.15. The fraction of sp³-hybridized carbons (Fsp3) is 0.125. The smallest absolute Gasteiger partial charge is 0.272 e. The largest absolute Gasteiger partial charge is 0.494 e. The van der Waals surface area contributed by atoms with Crippen LogP contribution in [-0.2, 0) is 10.0 Å². The van der Waals surface area contributed by atoms with Gasteiger partial charge >= 0.3 is 0 Å². The predicted octanol–water partition coefficient (Wildman–Crippen LogP) is 3.48. The number of ether oxygens (including phenoxy) is 1. The first-order valence-electron chi connectivity index (χ1n) is 7.47. The number of thiophene rings is 1. The minimum atomic E-state index is -3.62. The summed E-state index contributed by atoms with van der Waals surface area (Å²) in [6.07, 6.45) is 0. The lowest BCUT2D eigenvalue weighted by molar-refractivity contribution is 0.340. The van der Waals surface area contributed by atoms with Crippen molar-refractivity contribution in [3.63, 3.8) is 0 Å². The molecular weight excluding hydrogens is 360 g/mol. The van der Waals surface area contributed by atoms with Crippen LogP contribution in [0.1, 0.15) is 6.92 Å². The number of hydrogen-bond donors (Lipinski definition) is 2. The topological polar surface area (TPSA) is 93.2 Å². The van der Waals surface area contributed by atoms with Gasteiger partial charge in [0.1, 0.15) is 9.96 Å². The zero-order valence-electron chi connectivity index (χ0n) is 13.3. The molecular formula is C16H16N4O3S2. The number of sulfonamides is 1. The van der Waals surface area contributed by atoms with Gasteiger partial charge in [-0.05, 0) is 54.8 Å². The molecule has 2 aromatic heterocycles. The highest BCUT2D eigenvalue weighted by atomic mass is 32.2. The van der Waals surface area contributed by atoms with E-state index < -0.39 is 10.0 Å². The molecule has 7 nitrogen and oxygen atoms in total. The highest BCUT2D eigenvalue weighted by Crippen LogP contribution is 2.21. The summed E-state index contributed by atoms with van der Waals surface area (Å²) in [4.78, 5) is 0. The third-order valence-corrected chi connectivity index (χ3v) is 5.85. The molecule has 0 aliphatic carbocycles. The van der Waals surface area contributed by atoms with Crippen LogP contribution in [0, 0.1) is 0 Å². The van der Waals surface area contributed by atoms with Gasteiger partial charge in [-0.15, -0.1) is 21.5 Å². The first-order chi connectivity index (χ1) is 12.1. The fourth-order valence-electron chi connectivity index (χ4n) is 2.01. The average Bonchev–Trinajstić information content (AvgIpc) is 3.14. The lowest BCUT2D eigenvalue weighted by Crippen LogP contribution is -2.13.